The number of hydrogen-bond acceptors (Lipinski definition) is 5. The van der Waals surface area contributed by atoms with Crippen LogP contribution in [0, 0.1) is 5.92 Å². The number of benzene rings is 2. The van der Waals surface area contributed by atoms with E-state index in [0.29, 0.717) is 48.8 Å². The van der Waals surface area contributed by atoms with Gasteiger partial charge in [0.15, 0.2) is 11.5 Å². The molecule has 0 spiro atoms. The first kappa shape index (κ1) is 20.5. The Bertz CT molecular complexity index is 842. The predicted molar refractivity (Wildman–Crippen MR) is 107 cm³/mol. The summed E-state index contributed by atoms with van der Waals surface area (Å²) >= 11 is 0. The Morgan fingerprint density at radius 3 is 2.34 bits per heavy atom. The summed E-state index contributed by atoms with van der Waals surface area (Å²) < 4.78 is 16.8. The van der Waals surface area contributed by atoms with Crippen LogP contribution in [-0.2, 0) is 11.4 Å². The highest BCUT2D eigenvalue weighted by molar-refractivity contribution is 5.96. The van der Waals surface area contributed by atoms with Crippen molar-refractivity contribution in [2.45, 2.75) is 19.4 Å². The van der Waals surface area contributed by atoms with Crippen molar-refractivity contribution in [3.05, 3.63) is 53.6 Å². The lowest BCUT2D eigenvalue weighted by Gasteiger charge is -2.31. The molecule has 0 saturated carbocycles. The highest BCUT2D eigenvalue weighted by atomic mass is 16.5. The van der Waals surface area contributed by atoms with Crippen LogP contribution < -0.4 is 14.2 Å². The third kappa shape index (κ3) is 4.80. The molecule has 0 aromatic heterocycles. The molecule has 1 atom stereocenters. The molecule has 7 heteroatoms. The minimum absolute atomic E-state index is 0.199. The van der Waals surface area contributed by atoms with Crippen molar-refractivity contribution >= 4 is 11.9 Å². The number of piperidine rings is 1. The van der Waals surface area contributed by atoms with Gasteiger partial charge in [-0.25, -0.2) is 0 Å². The number of aliphatic carboxylic acids is 1. The average Bonchev–Trinajstić information content (AvgIpc) is 2.77. The summed E-state index contributed by atoms with van der Waals surface area (Å²) in [5, 5.41) is 9.27. The van der Waals surface area contributed by atoms with Crippen LogP contribution in [0.2, 0.25) is 0 Å². The summed E-state index contributed by atoms with van der Waals surface area (Å²) in [5.74, 6) is -0.474. The van der Waals surface area contributed by atoms with Crippen molar-refractivity contribution in [1.82, 2.24) is 4.90 Å². The molecule has 2 aromatic rings. The van der Waals surface area contributed by atoms with Crippen LogP contribution in [0.4, 0.5) is 0 Å². The smallest absolute Gasteiger partial charge is 0.308 e. The minimum atomic E-state index is -0.873. The first-order valence-corrected chi connectivity index (χ1v) is 9.48. The zero-order valence-corrected chi connectivity index (χ0v) is 16.6. The second kappa shape index (κ2) is 9.32. The predicted octanol–water partition coefficient (Wildman–Crippen LogP) is 3.22. The van der Waals surface area contributed by atoms with Crippen molar-refractivity contribution in [3.63, 3.8) is 0 Å². The number of hydrogen-bond donors (Lipinski definition) is 1. The maximum absolute atomic E-state index is 13.0. The lowest BCUT2D eigenvalue weighted by atomic mass is 9.97. The van der Waals surface area contributed by atoms with E-state index in [1.807, 2.05) is 30.3 Å². The van der Waals surface area contributed by atoms with Gasteiger partial charge in [0, 0.05) is 18.7 Å². The number of carbonyl (C=O) groups is 2. The Hall–Kier alpha value is -3.22. The number of carboxylic acids is 1. The second-order valence-corrected chi connectivity index (χ2v) is 6.91. The molecule has 1 amide bonds. The number of ether oxygens (including phenoxy) is 3. The molecule has 1 aliphatic heterocycles. The summed E-state index contributed by atoms with van der Waals surface area (Å²) in [4.78, 5) is 25.8. The fourth-order valence-corrected chi connectivity index (χ4v) is 3.42. The van der Waals surface area contributed by atoms with Gasteiger partial charge in [-0.3, -0.25) is 9.59 Å². The molecule has 0 radical (unpaired) electrons. The maximum Gasteiger partial charge on any atom is 0.308 e. The SMILES string of the molecule is COc1cc(C(=O)N2CCCC(C(=O)O)C2)cc(OC)c1OCc1ccccc1. The number of nitrogens with zero attached hydrogens (tertiary/aromatic N) is 1. The molecule has 1 heterocycles. The molecular formula is C22H25NO6. The third-order valence-electron chi connectivity index (χ3n) is 4.99. The second-order valence-electron chi connectivity index (χ2n) is 6.91. The highest BCUT2D eigenvalue weighted by Gasteiger charge is 2.29. The Morgan fingerprint density at radius 2 is 1.76 bits per heavy atom. The number of methoxy groups -OCH3 is 2. The number of amides is 1. The molecule has 7 nitrogen and oxygen atoms in total. The summed E-state index contributed by atoms with van der Waals surface area (Å²) in [6.45, 7) is 1.05. The van der Waals surface area contributed by atoms with Crippen molar-refractivity contribution in [3.8, 4) is 17.2 Å². The van der Waals surface area contributed by atoms with Crippen LogP contribution >= 0.6 is 0 Å². The molecular weight excluding hydrogens is 374 g/mol. The molecule has 0 aliphatic carbocycles. The molecule has 2 aromatic carbocycles. The van der Waals surface area contributed by atoms with E-state index < -0.39 is 11.9 Å². The molecule has 1 unspecified atom stereocenters. The Balaban J connectivity index is 1.83. The molecule has 154 valence electrons. The van der Waals surface area contributed by atoms with Crippen LogP contribution in [0.1, 0.15) is 28.8 Å². The van der Waals surface area contributed by atoms with E-state index in [1.54, 1.807) is 17.0 Å². The topological polar surface area (TPSA) is 85.3 Å². The molecule has 1 saturated heterocycles. The van der Waals surface area contributed by atoms with Crippen molar-refractivity contribution in [2.24, 2.45) is 5.92 Å². The standard InChI is InChI=1S/C22H25NO6/c1-27-18-11-17(21(24)23-10-6-9-16(13-23)22(25)26)12-19(28-2)20(18)29-14-15-7-4-3-5-8-15/h3-5,7-8,11-12,16H,6,9-10,13-14H2,1-2H3,(H,25,26). The molecule has 1 fully saturated rings. The zero-order chi connectivity index (χ0) is 20.8. The van der Waals surface area contributed by atoms with Crippen LogP contribution in [0.25, 0.3) is 0 Å². The molecule has 1 aliphatic rings. The molecule has 29 heavy (non-hydrogen) atoms. The minimum Gasteiger partial charge on any atom is -0.493 e. The number of carboxylic acid groups (broad SMARTS) is 1. The van der Waals surface area contributed by atoms with Gasteiger partial charge in [0.05, 0.1) is 20.1 Å². The maximum atomic E-state index is 13.0. The van der Waals surface area contributed by atoms with Crippen LogP contribution in [-0.4, -0.2) is 49.2 Å². The van der Waals surface area contributed by atoms with E-state index >= 15 is 0 Å². The first-order chi connectivity index (χ1) is 14.0. The van der Waals surface area contributed by atoms with Crippen molar-refractivity contribution in [2.75, 3.05) is 27.3 Å². The van der Waals surface area contributed by atoms with E-state index in [0.717, 1.165) is 5.56 Å². The number of likely N-dealkylation sites (tertiary alicyclic amines) is 1. The van der Waals surface area contributed by atoms with Gasteiger partial charge in [-0.05, 0) is 30.5 Å². The van der Waals surface area contributed by atoms with Gasteiger partial charge in [-0.15, -0.1) is 0 Å². The van der Waals surface area contributed by atoms with Gasteiger partial charge < -0.3 is 24.2 Å². The Kier molecular flexibility index (Phi) is 6.59. The van der Waals surface area contributed by atoms with Crippen molar-refractivity contribution < 1.29 is 28.9 Å². The van der Waals surface area contributed by atoms with E-state index in [4.69, 9.17) is 14.2 Å². The van der Waals surface area contributed by atoms with Gasteiger partial charge in [-0.2, -0.15) is 0 Å². The van der Waals surface area contributed by atoms with Crippen LogP contribution in [0.15, 0.2) is 42.5 Å². The fraction of sp³-hybridized carbons (Fsp3) is 0.364. The van der Waals surface area contributed by atoms with E-state index in [2.05, 4.69) is 0 Å². The van der Waals surface area contributed by atoms with E-state index in [-0.39, 0.29) is 12.5 Å². The van der Waals surface area contributed by atoms with Crippen LogP contribution in [0.5, 0.6) is 17.2 Å². The lowest BCUT2D eigenvalue weighted by Crippen LogP contribution is -2.42. The molecule has 1 N–H and O–H groups in total. The average molecular weight is 399 g/mol. The lowest BCUT2D eigenvalue weighted by molar-refractivity contribution is -0.143. The quantitative estimate of drug-likeness (QED) is 0.770. The summed E-state index contributed by atoms with van der Waals surface area (Å²) in [5.41, 5.74) is 1.36. The summed E-state index contributed by atoms with van der Waals surface area (Å²) in [7, 11) is 3.00. The van der Waals surface area contributed by atoms with Gasteiger partial charge in [0.25, 0.3) is 5.91 Å². The first-order valence-electron chi connectivity index (χ1n) is 9.48. The monoisotopic (exact) mass is 399 g/mol. The van der Waals surface area contributed by atoms with Gasteiger partial charge in [0.1, 0.15) is 6.61 Å². The number of carbonyl (C=O) groups excluding carboxylic acids is 1. The Morgan fingerprint density at radius 1 is 1.10 bits per heavy atom. The fourth-order valence-electron chi connectivity index (χ4n) is 3.42. The largest absolute Gasteiger partial charge is 0.493 e. The Labute approximate surface area is 169 Å². The highest BCUT2D eigenvalue weighted by Crippen LogP contribution is 2.39. The summed E-state index contributed by atoms with van der Waals surface area (Å²) in [6, 6.07) is 12.9. The van der Waals surface area contributed by atoms with Crippen LogP contribution in [0.3, 0.4) is 0 Å². The van der Waals surface area contributed by atoms with Gasteiger partial charge >= 0.3 is 5.97 Å². The van der Waals surface area contributed by atoms with E-state index in [1.165, 1.54) is 14.2 Å². The van der Waals surface area contributed by atoms with Gasteiger partial charge in [0.2, 0.25) is 5.75 Å². The van der Waals surface area contributed by atoms with Crippen molar-refractivity contribution in [1.29, 1.82) is 0 Å². The van der Waals surface area contributed by atoms with Gasteiger partial charge in [-0.1, -0.05) is 30.3 Å². The normalized spacial score (nSPS) is 16.2. The third-order valence-corrected chi connectivity index (χ3v) is 4.99. The molecule has 3 rings (SSSR count). The molecule has 0 bridgehead atoms. The zero-order valence-electron chi connectivity index (χ0n) is 16.6. The summed E-state index contributed by atoms with van der Waals surface area (Å²) in [6.07, 6.45) is 1.24. The van der Waals surface area contributed by atoms with E-state index in [9.17, 15) is 14.7 Å². The number of rotatable bonds is 7.